The molecule has 282 valence electrons. The fraction of sp³-hybridized carbons (Fsp3) is 0.425. The van der Waals surface area contributed by atoms with Gasteiger partial charge in [0.05, 0.1) is 29.5 Å². The molecule has 5 aromatic rings. The molecule has 0 radical (unpaired) electrons. The van der Waals surface area contributed by atoms with Crippen LogP contribution in [0.5, 0.6) is 6.01 Å². The molecule has 3 saturated heterocycles. The van der Waals surface area contributed by atoms with Crippen LogP contribution in [0, 0.1) is 17.1 Å². The van der Waals surface area contributed by atoms with Gasteiger partial charge in [-0.3, -0.25) is 14.7 Å². The highest BCUT2D eigenvalue weighted by Crippen LogP contribution is 2.46. The van der Waals surface area contributed by atoms with Gasteiger partial charge >= 0.3 is 6.01 Å². The molecule has 3 aromatic heterocycles. The van der Waals surface area contributed by atoms with E-state index in [9.17, 15) is 14.4 Å². The van der Waals surface area contributed by atoms with Crippen LogP contribution in [0.15, 0.2) is 53.2 Å². The summed E-state index contributed by atoms with van der Waals surface area (Å²) in [7, 11) is 0. The van der Waals surface area contributed by atoms with Gasteiger partial charge in [0.2, 0.25) is 5.91 Å². The molecule has 55 heavy (non-hydrogen) atoms. The minimum atomic E-state index is -0.947. The molecular weight excluding hydrogens is 728 g/mol. The number of fused-ring (bicyclic) bond motifs is 3. The van der Waals surface area contributed by atoms with Crippen LogP contribution in [0.1, 0.15) is 57.2 Å². The average molecular weight is 766 g/mol. The Labute approximate surface area is 320 Å². The first kappa shape index (κ1) is 35.4. The van der Waals surface area contributed by atoms with Crippen molar-refractivity contribution in [3.05, 3.63) is 71.2 Å². The van der Waals surface area contributed by atoms with Crippen LogP contribution in [-0.2, 0) is 10.2 Å². The Balaban J connectivity index is 1.05. The third kappa shape index (κ3) is 6.42. The molecule has 1 aliphatic carbocycles. The van der Waals surface area contributed by atoms with Gasteiger partial charge in [-0.05, 0) is 43.7 Å². The van der Waals surface area contributed by atoms with Gasteiger partial charge in [-0.15, -0.1) is 0 Å². The van der Waals surface area contributed by atoms with Crippen molar-refractivity contribution in [2.45, 2.75) is 68.6 Å². The van der Waals surface area contributed by atoms with Crippen molar-refractivity contribution < 1.29 is 22.8 Å². The number of alkyl halides is 1. The Bertz CT molecular complexity index is 2390. The van der Waals surface area contributed by atoms with Crippen LogP contribution in [0.3, 0.4) is 0 Å². The third-order valence-corrected chi connectivity index (χ3v) is 12.0. The molecule has 6 heterocycles. The van der Waals surface area contributed by atoms with Crippen molar-refractivity contribution in [2.75, 3.05) is 44.2 Å². The Kier molecular flexibility index (Phi) is 8.89. The van der Waals surface area contributed by atoms with E-state index in [1.54, 1.807) is 23.2 Å². The smallest absolute Gasteiger partial charge is 0.319 e. The van der Waals surface area contributed by atoms with E-state index in [0.29, 0.717) is 52.5 Å². The lowest BCUT2D eigenvalue weighted by atomic mass is 9.95. The normalized spacial score (nSPS) is 23.5. The van der Waals surface area contributed by atoms with E-state index in [1.807, 2.05) is 29.2 Å². The molecule has 12 nitrogen and oxygen atoms in total. The number of benzene rings is 2. The van der Waals surface area contributed by atoms with Crippen LogP contribution in [-0.4, -0.2) is 97.9 Å². The van der Waals surface area contributed by atoms with Gasteiger partial charge in [-0.25, -0.2) is 8.78 Å². The maximum Gasteiger partial charge on any atom is 0.319 e. The molecule has 0 unspecified atom stereocenters. The first-order valence-corrected chi connectivity index (χ1v) is 19.0. The quantitative estimate of drug-likeness (QED) is 0.149. The van der Waals surface area contributed by atoms with Crippen molar-refractivity contribution in [2.24, 2.45) is 0 Å². The fourth-order valence-electron chi connectivity index (χ4n) is 8.47. The molecule has 0 spiro atoms. The number of pyridine rings is 1. The number of anilines is 1. The highest BCUT2D eigenvalue weighted by molar-refractivity contribution is 6.36. The zero-order valence-electron chi connectivity index (χ0n) is 30.2. The van der Waals surface area contributed by atoms with Gasteiger partial charge < -0.3 is 19.1 Å². The van der Waals surface area contributed by atoms with Gasteiger partial charge in [0.15, 0.2) is 11.6 Å². The van der Waals surface area contributed by atoms with Crippen molar-refractivity contribution in [3.8, 4) is 23.3 Å². The molecule has 2 aromatic carbocycles. The molecule has 1 saturated carbocycles. The van der Waals surface area contributed by atoms with Gasteiger partial charge in [0, 0.05) is 72.3 Å². The topological polar surface area (TPSA) is 137 Å². The second-order valence-electron chi connectivity index (χ2n) is 15.4. The Morgan fingerprint density at radius 3 is 2.78 bits per heavy atom. The maximum atomic E-state index is 17.0. The number of nitriles is 1. The average Bonchev–Trinajstić information content (AvgIpc) is 3.45. The SMILES string of the molecule is CC1(c2noc(/C=C/C(=O)N3CCN(c4nc(OC[C@@]56CCCN5C[C@H](F)C6)nc5c(F)c(-c6cccc7cccc(Cl)c67)ncc45)C[C@@H]3CC#N)n2)CC1. The predicted molar refractivity (Wildman–Crippen MR) is 202 cm³/mol. The van der Waals surface area contributed by atoms with Crippen LogP contribution < -0.4 is 9.64 Å². The lowest BCUT2D eigenvalue weighted by Crippen LogP contribution is -2.55. The second kappa shape index (κ2) is 13.8. The van der Waals surface area contributed by atoms with Gasteiger partial charge in [0.25, 0.3) is 5.89 Å². The van der Waals surface area contributed by atoms with Crippen LogP contribution in [0.25, 0.3) is 39.0 Å². The Morgan fingerprint density at radius 1 is 1.13 bits per heavy atom. The van der Waals surface area contributed by atoms with E-state index in [4.69, 9.17) is 25.8 Å². The minimum absolute atomic E-state index is 0.00174. The van der Waals surface area contributed by atoms with E-state index in [-0.39, 0.29) is 60.6 Å². The summed E-state index contributed by atoms with van der Waals surface area (Å²) in [6, 6.07) is 12.6. The van der Waals surface area contributed by atoms with Gasteiger partial charge in [-0.1, -0.05) is 54.0 Å². The van der Waals surface area contributed by atoms with E-state index in [2.05, 4.69) is 38.0 Å². The molecule has 3 aliphatic heterocycles. The highest BCUT2D eigenvalue weighted by atomic mass is 35.5. The van der Waals surface area contributed by atoms with Crippen LogP contribution in [0.4, 0.5) is 14.6 Å². The van der Waals surface area contributed by atoms with Crippen molar-refractivity contribution in [3.63, 3.8) is 0 Å². The summed E-state index contributed by atoms with van der Waals surface area (Å²) in [4.78, 5) is 37.7. The number of amides is 1. The van der Waals surface area contributed by atoms with E-state index in [1.165, 1.54) is 12.2 Å². The summed E-state index contributed by atoms with van der Waals surface area (Å²) in [5.41, 5.74) is 0.0380. The number of hydrogen-bond donors (Lipinski definition) is 0. The minimum Gasteiger partial charge on any atom is -0.461 e. The number of carbonyl (C=O) groups excluding carboxylic acids is 1. The lowest BCUT2D eigenvalue weighted by Gasteiger charge is -2.41. The summed E-state index contributed by atoms with van der Waals surface area (Å²) in [5.74, 6) is 0.262. The number of hydrogen-bond acceptors (Lipinski definition) is 11. The monoisotopic (exact) mass is 765 g/mol. The summed E-state index contributed by atoms with van der Waals surface area (Å²) in [5, 5.41) is 16.2. The Hall–Kier alpha value is -5.26. The number of halogens is 3. The molecule has 3 atom stereocenters. The van der Waals surface area contributed by atoms with Crippen molar-refractivity contribution in [1.29, 1.82) is 5.26 Å². The molecule has 15 heteroatoms. The van der Waals surface area contributed by atoms with Crippen molar-refractivity contribution >= 4 is 51.1 Å². The zero-order chi connectivity index (χ0) is 37.9. The maximum absolute atomic E-state index is 17.0. The fourth-order valence-corrected chi connectivity index (χ4v) is 8.75. The first-order valence-electron chi connectivity index (χ1n) is 18.7. The van der Waals surface area contributed by atoms with Gasteiger partial charge in [-0.2, -0.15) is 20.2 Å². The second-order valence-corrected chi connectivity index (χ2v) is 15.8. The summed E-state index contributed by atoms with van der Waals surface area (Å²) in [6.07, 6.45) is 7.58. The molecule has 0 N–H and O–H groups in total. The predicted octanol–water partition coefficient (Wildman–Crippen LogP) is 6.67. The molecule has 4 aliphatic rings. The molecular formula is C40H38ClF2N9O3. The first-order chi connectivity index (χ1) is 26.6. The number of aromatic nitrogens is 5. The number of rotatable bonds is 9. The number of ether oxygens (including phenoxy) is 1. The molecule has 9 rings (SSSR count). The number of nitrogens with zero attached hydrogens (tertiary/aromatic N) is 9. The summed E-state index contributed by atoms with van der Waals surface area (Å²) < 4.78 is 43.2. The molecule has 4 fully saturated rings. The van der Waals surface area contributed by atoms with Gasteiger partial charge in [0.1, 0.15) is 29.8 Å². The van der Waals surface area contributed by atoms with Crippen LogP contribution >= 0.6 is 11.6 Å². The lowest BCUT2D eigenvalue weighted by molar-refractivity contribution is -0.128. The largest absolute Gasteiger partial charge is 0.461 e. The van der Waals surface area contributed by atoms with E-state index in [0.717, 1.165) is 37.6 Å². The van der Waals surface area contributed by atoms with E-state index >= 15 is 4.39 Å². The van der Waals surface area contributed by atoms with E-state index < -0.39 is 23.6 Å². The summed E-state index contributed by atoms with van der Waals surface area (Å²) >= 11 is 6.64. The summed E-state index contributed by atoms with van der Waals surface area (Å²) in [6.45, 7) is 4.18. The third-order valence-electron chi connectivity index (χ3n) is 11.7. The Morgan fingerprint density at radius 2 is 1.96 bits per heavy atom. The van der Waals surface area contributed by atoms with Crippen molar-refractivity contribution in [1.82, 2.24) is 34.9 Å². The molecule has 0 bridgehead atoms. The number of carbonyl (C=O) groups is 1. The zero-order valence-corrected chi connectivity index (χ0v) is 31.0. The number of piperazine rings is 1. The van der Waals surface area contributed by atoms with Crippen LogP contribution in [0.2, 0.25) is 5.02 Å². The molecule has 1 amide bonds. The standard InChI is InChI=1S/C40H38ClF2N9O3/c1-39(13-14-39)37-46-30(55-49-37)9-10-31(53)52-18-17-50(22-26(52)11-15-44)36-28-20-45-34(27-7-2-5-24-6-3-8-29(41)32(24)27)33(43)35(28)47-38(48-36)54-23-40-12-4-16-51(40)21-25(42)19-40/h2-3,5-10,20,25-26H,4,11-14,16-19,21-23H2,1H3/b10-9+/t25-,26+,40+/m1/s1. The highest BCUT2D eigenvalue weighted by Gasteiger charge is 2.49.